The van der Waals surface area contributed by atoms with E-state index in [1.807, 2.05) is 0 Å². The average molecular weight is 366 g/mol. The van der Waals surface area contributed by atoms with E-state index in [9.17, 15) is 18.4 Å². The van der Waals surface area contributed by atoms with Gasteiger partial charge < -0.3 is 19.3 Å². The first-order chi connectivity index (χ1) is 12.4. The first kappa shape index (κ1) is 17.2. The highest BCUT2D eigenvalue weighted by atomic mass is 19.1. The minimum absolute atomic E-state index is 0.154. The predicted molar refractivity (Wildman–Crippen MR) is 86.0 cm³/mol. The summed E-state index contributed by atoms with van der Waals surface area (Å²) < 4.78 is 38.0. The van der Waals surface area contributed by atoms with E-state index >= 15 is 0 Å². The highest BCUT2D eigenvalue weighted by molar-refractivity contribution is 5.88. The SMILES string of the molecule is COC(=O)N1CCC2(CC1)OC1CCC(c3cc(F)cc(F)c3)N1C2=O. The lowest BCUT2D eigenvalue weighted by Gasteiger charge is -2.36. The van der Waals surface area contributed by atoms with Gasteiger partial charge in [0.15, 0.2) is 5.60 Å². The molecule has 3 fully saturated rings. The Balaban J connectivity index is 1.54. The number of halogens is 2. The molecule has 8 heteroatoms. The zero-order valence-electron chi connectivity index (χ0n) is 14.4. The van der Waals surface area contributed by atoms with Crippen molar-refractivity contribution in [2.75, 3.05) is 20.2 Å². The van der Waals surface area contributed by atoms with Crippen LogP contribution >= 0.6 is 0 Å². The van der Waals surface area contributed by atoms with Crippen LogP contribution in [-0.4, -0.2) is 53.8 Å². The summed E-state index contributed by atoms with van der Waals surface area (Å²) in [5.41, 5.74) is -0.509. The number of likely N-dealkylation sites (tertiary alicyclic amines) is 1. The Morgan fingerprint density at radius 1 is 1.19 bits per heavy atom. The van der Waals surface area contributed by atoms with E-state index in [2.05, 4.69) is 0 Å². The Morgan fingerprint density at radius 2 is 1.85 bits per heavy atom. The topological polar surface area (TPSA) is 59.1 Å². The van der Waals surface area contributed by atoms with Gasteiger partial charge in [0.1, 0.15) is 17.9 Å². The van der Waals surface area contributed by atoms with E-state index in [0.29, 0.717) is 44.3 Å². The molecule has 0 aliphatic carbocycles. The first-order valence-electron chi connectivity index (χ1n) is 8.73. The van der Waals surface area contributed by atoms with E-state index in [0.717, 1.165) is 6.07 Å². The second-order valence-electron chi connectivity index (χ2n) is 7.03. The lowest BCUT2D eigenvalue weighted by molar-refractivity contribution is -0.142. The average Bonchev–Trinajstić information content (AvgIpc) is 3.13. The number of rotatable bonds is 1. The molecule has 0 aromatic heterocycles. The molecule has 3 saturated heterocycles. The molecule has 0 radical (unpaired) electrons. The van der Waals surface area contributed by atoms with Crippen molar-refractivity contribution in [2.24, 2.45) is 0 Å². The molecule has 1 spiro atoms. The number of amides is 2. The predicted octanol–water partition coefficient (Wildman–Crippen LogP) is 2.59. The normalized spacial score (nSPS) is 27.1. The van der Waals surface area contributed by atoms with Gasteiger partial charge >= 0.3 is 6.09 Å². The lowest BCUT2D eigenvalue weighted by Crippen LogP contribution is -2.51. The fraction of sp³-hybridized carbons (Fsp3) is 0.556. The van der Waals surface area contributed by atoms with Crippen molar-refractivity contribution in [3.8, 4) is 0 Å². The van der Waals surface area contributed by atoms with Gasteiger partial charge in [-0.25, -0.2) is 13.6 Å². The molecule has 0 saturated carbocycles. The monoisotopic (exact) mass is 366 g/mol. The Hall–Kier alpha value is -2.22. The van der Waals surface area contributed by atoms with Gasteiger partial charge in [-0.15, -0.1) is 0 Å². The van der Waals surface area contributed by atoms with Crippen LogP contribution in [0.25, 0.3) is 0 Å². The quantitative estimate of drug-likeness (QED) is 0.767. The maximum Gasteiger partial charge on any atom is 0.409 e. The number of hydrogen-bond acceptors (Lipinski definition) is 4. The molecule has 2 atom stereocenters. The van der Waals surface area contributed by atoms with Gasteiger partial charge in [-0.1, -0.05) is 0 Å². The van der Waals surface area contributed by atoms with Crippen molar-refractivity contribution in [3.05, 3.63) is 35.4 Å². The maximum absolute atomic E-state index is 13.6. The van der Waals surface area contributed by atoms with Crippen molar-refractivity contribution in [1.29, 1.82) is 0 Å². The molecule has 3 aliphatic rings. The van der Waals surface area contributed by atoms with Crippen molar-refractivity contribution >= 4 is 12.0 Å². The van der Waals surface area contributed by atoms with Crippen LogP contribution in [0.15, 0.2) is 18.2 Å². The third-order valence-electron chi connectivity index (χ3n) is 5.59. The Bertz CT molecular complexity index is 728. The van der Waals surface area contributed by atoms with Gasteiger partial charge in [0.05, 0.1) is 13.2 Å². The van der Waals surface area contributed by atoms with Crippen LogP contribution in [0.2, 0.25) is 0 Å². The van der Waals surface area contributed by atoms with Crippen LogP contribution in [0.3, 0.4) is 0 Å². The highest BCUT2D eigenvalue weighted by Gasteiger charge is 2.58. The molecule has 6 nitrogen and oxygen atoms in total. The minimum Gasteiger partial charge on any atom is -0.453 e. The summed E-state index contributed by atoms with van der Waals surface area (Å²) in [6.45, 7) is 0.746. The Morgan fingerprint density at radius 3 is 2.46 bits per heavy atom. The minimum atomic E-state index is -0.959. The van der Waals surface area contributed by atoms with Crippen molar-refractivity contribution in [3.63, 3.8) is 0 Å². The van der Waals surface area contributed by atoms with E-state index in [4.69, 9.17) is 9.47 Å². The molecule has 0 bridgehead atoms. The Labute approximate surface area is 149 Å². The number of nitrogens with zero attached hydrogens (tertiary/aromatic N) is 2. The number of piperidine rings is 1. The number of hydrogen-bond donors (Lipinski definition) is 0. The molecule has 4 rings (SSSR count). The molecule has 3 aliphatic heterocycles. The first-order valence-corrected chi connectivity index (χ1v) is 8.73. The van der Waals surface area contributed by atoms with Crippen molar-refractivity contribution in [2.45, 2.75) is 43.6 Å². The summed E-state index contributed by atoms with van der Waals surface area (Å²) in [7, 11) is 1.32. The second-order valence-corrected chi connectivity index (χ2v) is 7.03. The van der Waals surface area contributed by atoms with E-state index in [1.54, 1.807) is 9.80 Å². The van der Waals surface area contributed by atoms with Gasteiger partial charge in [0, 0.05) is 32.0 Å². The molecule has 0 N–H and O–H groups in total. The van der Waals surface area contributed by atoms with Gasteiger partial charge in [-0.05, 0) is 30.5 Å². The summed E-state index contributed by atoms with van der Waals surface area (Å²) >= 11 is 0. The molecular formula is C18H20F2N2O4. The summed E-state index contributed by atoms with van der Waals surface area (Å²) in [6.07, 6.45) is 1.19. The smallest absolute Gasteiger partial charge is 0.409 e. The van der Waals surface area contributed by atoms with E-state index in [1.165, 1.54) is 19.2 Å². The number of methoxy groups -OCH3 is 1. The standard InChI is InChI=1S/C18H20F2N2O4/c1-25-17(24)21-6-4-18(5-7-21)16(23)22-14(2-3-15(22)26-18)11-8-12(19)10-13(20)9-11/h8-10,14-15H,2-7H2,1H3. The number of carbonyl (C=O) groups excluding carboxylic acids is 2. The number of fused-ring (bicyclic) bond motifs is 1. The third-order valence-corrected chi connectivity index (χ3v) is 5.59. The van der Waals surface area contributed by atoms with E-state index < -0.39 is 29.4 Å². The van der Waals surface area contributed by atoms with Gasteiger partial charge in [0.25, 0.3) is 5.91 Å². The summed E-state index contributed by atoms with van der Waals surface area (Å²) in [6, 6.07) is 2.97. The number of benzene rings is 1. The summed E-state index contributed by atoms with van der Waals surface area (Å²) in [5, 5.41) is 0. The van der Waals surface area contributed by atoms with Crippen molar-refractivity contribution < 1.29 is 27.8 Å². The van der Waals surface area contributed by atoms with Gasteiger partial charge in [-0.3, -0.25) is 4.79 Å². The van der Waals surface area contributed by atoms with Gasteiger partial charge in [0.2, 0.25) is 0 Å². The number of carbonyl (C=O) groups is 2. The molecule has 1 aromatic carbocycles. The molecule has 2 unspecified atom stereocenters. The Kier molecular flexibility index (Phi) is 4.10. The fourth-order valence-corrected chi connectivity index (χ4v) is 4.32. The molecule has 1 aromatic rings. The zero-order valence-corrected chi connectivity index (χ0v) is 14.4. The van der Waals surface area contributed by atoms with Crippen molar-refractivity contribution in [1.82, 2.24) is 9.80 Å². The molecule has 2 amide bonds. The van der Waals surface area contributed by atoms with Crippen LogP contribution in [0.1, 0.15) is 37.3 Å². The molecular weight excluding hydrogens is 346 g/mol. The van der Waals surface area contributed by atoms with Crippen LogP contribution in [0, 0.1) is 11.6 Å². The second kappa shape index (κ2) is 6.19. The lowest BCUT2D eigenvalue weighted by atomic mass is 9.89. The maximum atomic E-state index is 13.6. The number of ether oxygens (including phenoxy) is 2. The van der Waals surface area contributed by atoms with Gasteiger partial charge in [-0.2, -0.15) is 0 Å². The van der Waals surface area contributed by atoms with Crippen LogP contribution < -0.4 is 0 Å². The molecule has 140 valence electrons. The zero-order chi connectivity index (χ0) is 18.5. The highest BCUT2D eigenvalue weighted by Crippen LogP contribution is 2.47. The van der Waals surface area contributed by atoms with Crippen LogP contribution in [0.5, 0.6) is 0 Å². The summed E-state index contributed by atoms with van der Waals surface area (Å²) in [5.74, 6) is -1.46. The van der Waals surface area contributed by atoms with Crippen LogP contribution in [0.4, 0.5) is 13.6 Å². The largest absolute Gasteiger partial charge is 0.453 e. The summed E-state index contributed by atoms with van der Waals surface area (Å²) in [4.78, 5) is 28.0. The fourth-order valence-electron chi connectivity index (χ4n) is 4.32. The third kappa shape index (κ3) is 2.63. The van der Waals surface area contributed by atoms with E-state index in [-0.39, 0.29) is 12.1 Å². The molecule has 3 heterocycles. The van der Waals surface area contributed by atoms with Crippen LogP contribution in [-0.2, 0) is 14.3 Å². The molecule has 26 heavy (non-hydrogen) atoms.